The van der Waals surface area contributed by atoms with Gasteiger partial charge in [0.15, 0.2) is 0 Å². The van der Waals surface area contributed by atoms with Gasteiger partial charge in [0.2, 0.25) is 15.2 Å². The van der Waals surface area contributed by atoms with Crippen LogP contribution in [0, 0.1) is 10.1 Å². The number of primary sulfonamides is 1. The Morgan fingerprint density at radius 1 is 1.10 bits per heavy atom. The van der Waals surface area contributed by atoms with Crippen LogP contribution in [0.15, 0.2) is 47.4 Å². The molecule has 2 heterocycles. The Morgan fingerprint density at radius 2 is 1.74 bits per heavy atom. The Bertz CT molecular complexity index is 1320. The molecule has 3 aromatic rings. The van der Waals surface area contributed by atoms with Crippen molar-refractivity contribution >= 4 is 49.7 Å². The number of nitrogens with zero attached hydrogens (tertiary/aromatic N) is 4. The van der Waals surface area contributed by atoms with Crippen molar-refractivity contribution in [2.24, 2.45) is 5.14 Å². The minimum Gasteiger partial charge on any atom is -0.324 e. The van der Waals surface area contributed by atoms with Crippen molar-refractivity contribution in [3.63, 3.8) is 0 Å². The normalized spacial score (nSPS) is 13.4. The highest BCUT2D eigenvalue weighted by Crippen LogP contribution is 2.32. The molecule has 0 radical (unpaired) electrons. The summed E-state index contributed by atoms with van der Waals surface area (Å²) in [5, 5.41) is 27.3. The van der Waals surface area contributed by atoms with Gasteiger partial charge in [-0.3, -0.25) is 24.6 Å². The summed E-state index contributed by atoms with van der Waals surface area (Å²) in [5.74, 6) is -0.890. The topological polar surface area (TPSA) is 178 Å². The zero-order valence-electron chi connectivity index (χ0n) is 15.4. The number of amides is 2. The smallest absolute Gasteiger partial charge is 0.294 e. The minimum absolute atomic E-state index is 0.0270. The number of hydrogen-bond donors (Lipinski definition) is 2. The van der Waals surface area contributed by atoms with Crippen LogP contribution in [0.3, 0.4) is 0 Å². The number of fused-ring (bicyclic) bond motifs is 1. The average molecular weight is 460 g/mol. The molecule has 0 fully saturated rings. The third kappa shape index (κ3) is 3.86. The molecule has 1 aliphatic rings. The fourth-order valence-electron chi connectivity index (χ4n) is 2.95. The quantitative estimate of drug-likeness (QED) is 0.314. The van der Waals surface area contributed by atoms with Gasteiger partial charge in [-0.05, 0) is 24.3 Å². The Kier molecular flexibility index (Phi) is 4.96. The van der Waals surface area contributed by atoms with Gasteiger partial charge in [0.05, 0.1) is 27.5 Å². The van der Waals surface area contributed by atoms with Gasteiger partial charge in [0.25, 0.3) is 17.5 Å². The molecule has 0 saturated heterocycles. The van der Waals surface area contributed by atoms with E-state index in [-0.39, 0.29) is 17.4 Å². The van der Waals surface area contributed by atoms with Crippen molar-refractivity contribution in [2.75, 3.05) is 5.32 Å². The fourth-order valence-corrected chi connectivity index (χ4v) is 4.22. The second-order valence-corrected chi connectivity index (χ2v) is 8.97. The average Bonchev–Trinajstić information content (AvgIpc) is 3.26. The predicted octanol–water partition coefficient (Wildman–Crippen LogP) is 1.63. The summed E-state index contributed by atoms with van der Waals surface area (Å²) in [6.07, 6.45) is 0. The van der Waals surface area contributed by atoms with Gasteiger partial charge < -0.3 is 5.32 Å². The third-order valence-electron chi connectivity index (χ3n) is 4.37. The largest absolute Gasteiger partial charge is 0.324 e. The number of benzene rings is 2. The molecule has 4 rings (SSSR count). The maximum Gasteiger partial charge on any atom is 0.294 e. The molecule has 0 bridgehead atoms. The summed E-state index contributed by atoms with van der Waals surface area (Å²) in [4.78, 5) is 36.1. The summed E-state index contributed by atoms with van der Waals surface area (Å²) in [6, 6.07) is 9.58. The maximum absolute atomic E-state index is 12.5. The number of carbonyl (C=O) groups is 2. The van der Waals surface area contributed by atoms with Gasteiger partial charge in [0, 0.05) is 6.07 Å². The molecule has 158 valence electrons. The molecule has 2 aromatic carbocycles. The zero-order chi connectivity index (χ0) is 22.3. The number of rotatable bonds is 6. The predicted molar refractivity (Wildman–Crippen MR) is 108 cm³/mol. The Hall–Kier alpha value is -3.75. The lowest BCUT2D eigenvalue weighted by Crippen LogP contribution is -2.29. The van der Waals surface area contributed by atoms with Crippen LogP contribution in [0.2, 0.25) is 0 Å². The summed E-state index contributed by atoms with van der Waals surface area (Å²) < 4.78 is 22.9. The summed E-state index contributed by atoms with van der Waals surface area (Å²) >= 11 is 0.983. The number of nitro benzene ring substituents is 1. The first-order chi connectivity index (χ1) is 14.6. The second kappa shape index (κ2) is 7.50. The first-order valence-electron chi connectivity index (χ1n) is 8.51. The standard InChI is InChI=1S/C17H12N6O6S2/c18-31(28,29)9-5-6-12(13(7-9)23(26)27)19-17-21-20-14(30-17)8-22-15(24)10-3-1-2-4-11(10)16(22)25/h1-7H,8H2,(H,19,21)(H2,18,28,29). The Balaban J connectivity index is 1.55. The van der Waals surface area contributed by atoms with Gasteiger partial charge in [0.1, 0.15) is 10.7 Å². The molecule has 0 unspecified atom stereocenters. The van der Waals surface area contributed by atoms with Crippen LogP contribution in [0.4, 0.5) is 16.5 Å². The van der Waals surface area contributed by atoms with Crippen LogP contribution in [0.5, 0.6) is 0 Å². The summed E-state index contributed by atoms with van der Waals surface area (Å²) in [5.41, 5.74) is 0.0614. The van der Waals surface area contributed by atoms with E-state index in [4.69, 9.17) is 5.14 Å². The third-order valence-corrected chi connectivity index (χ3v) is 6.11. The molecule has 12 nitrogen and oxygen atoms in total. The number of carbonyl (C=O) groups excluding carboxylic acids is 2. The molecule has 0 spiro atoms. The molecule has 3 N–H and O–H groups in total. The highest BCUT2D eigenvalue weighted by Gasteiger charge is 2.35. The van der Waals surface area contributed by atoms with E-state index in [1.54, 1.807) is 24.3 Å². The van der Waals surface area contributed by atoms with Crippen LogP contribution in [-0.4, -0.2) is 40.3 Å². The van der Waals surface area contributed by atoms with E-state index >= 15 is 0 Å². The number of sulfonamides is 1. The van der Waals surface area contributed by atoms with E-state index in [1.807, 2.05) is 0 Å². The van der Waals surface area contributed by atoms with Crippen molar-refractivity contribution in [3.8, 4) is 0 Å². The van der Waals surface area contributed by atoms with Crippen LogP contribution >= 0.6 is 11.3 Å². The SMILES string of the molecule is NS(=O)(=O)c1ccc(Nc2nnc(CN3C(=O)c4ccccc4C3=O)s2)c([N+](=O)[O-])c1. The molecular weight excluding hydrogens is 448 g/mol. The van der Waals surface area contributed by atoms with Crippen molar-refractivity contribution in [1.82, 2.24) is 15.1 Å². The van der Waals surface area contributed by atoms with E-state index in [2.05, 4.69) is 15.5 Å². The first kappa shape index (κ1) is 20.5. The molecular formula is C17H12N6O6S2. The number of anilines is 2. The van der Waals surface area contributed by atoms with E-state index in [1.165, 1.54) is 6.07 Å². The molecule has 31 heavy (non-hydrogen) atoms. The first-order valence-corrected chi connectivity index (χ1v) is 10.9. The molecule has 14 heteroatoms. The van der Waals surface area contributed by atoms with Crippen LogP contribution in [-0.2, 0) is 16.6 Å². The molecule has 0 atom stereocenters. The molecule has 1 aromatic heterocycles. The number of nitrogens with two attached hydrogens (primary N) is 1. The summed E-state index contributed by atoms with van der Waals surface area (Å²) in [6.45, 7) is -0.113. The van der Waals surface area contributed by atoms with E-state index in [0.29, 0.717) is 16.1 Å². The van der Waals surface area contributed by atoms with Gasteiger partial charge >= 0.3 is 0 Å². The highest BCUT2D eigenvalue weighted by molar-refractivity contribution is 7.89. The van der Waals surface area contributed by atoms with Gasteiger partial charge in [-0.25, -0.2) is 13.6 Å². The Labute approximate surface area is 178 Å². The Morgan fingerprint density at radius 3 is 2.32 bits per heavy atom. The van der Waals surface area contributed by atoms with Crippen molar-refractivity contribution < 1.29 is 22.9 Å². The van der Waals surface area contributed by atoms with Crippen molar-refractivity contribution in [2.45, 2.75) is 11.4 Å². The number of nitrogens with one attached hydrogen (secondary N) is 1. The molecule has 1 aliphatic heterocycles. The monoisotopic (exact) mass is 460 g/mol. The number of nitro groups is 1. The highest BCUT2D eigenvalue weighted by atomic mass is 32.2. The maximum atomic E-state index is 12.5. The van der Waals surface area contributed by atoms with Gasteiger partial charge in [-0.15, -0.1) is 10.2 Å². The van der Waals surface area contributed by atoms with Crippen LogP contribution in [0.25, 0.3) is 0 Å². The molecule has 0 aliphatic carbocycles. The number of imide groups is 1. The van der Waals surface area contributed by atoms with Gasteiger partial charge in [-0.1, -0.05) is 23.5 Å². The summed E-state index contributed by atoms with van der Waals surface area (Å²) in [7, 11) is -4.12. The van der Waals surface area contributed by atoms with Crippen molar-refractivity contribution in [3.05, 3.63) is 68.7 Å². The fraction of sp³-hybridized carbons (Fsp3) is 0.0588. The second-order valence-electron chi connectivity index (χ2n) is 6.35. The lowest BCUT2D eigenvalue weighted by molar-refractivity contribution is -0.384. The lowest BCUT2D eigenvalue weighted by Gasteiger charge is -2.10. The zero-order valence-corrected chi connectivity index (χ0v) is 17.0. The minimum atomic E-state index is -4.12. The van der Waals surface area contributed by atoms with Crippen LogP contribution < -0.4 is 10.5 Å². The molecule has 0 saturated carbocycles. The van der Waals surface area contributed by atoms with Gasteiger partial charge in [-0.2, -0.15) is 0 Å². The van der Waals surface area contributed by atoms with Crippen LogP contribution in [0.1, 0.15) is 25.7 Å². The lowest BCUT2D eigenvalue weighted by atomic mass is 10.1. The number of hydrogen-bond acceptors (Lipinski definition) is 10. The van der Waals surface area contributed by atoms with E-state index in [9.17, 15) is 28.1 Å². The van der Waals surface area contributed by atoms with E-state index < -0.39 is 37.3 Å². The van der Waals surface area contributed by atoms with Crippen molar-refractivity contribution in [1.29, 1.82) is 0 Å². The molecule has 2 amide bonds. The number of aromatic nitrogens is 2. The van der Waals surface area contributed by atoms with E-state index in [0.717, 1.165) is 28.4 Å².